The van der Waals surface area contributed by atoms with E-state index in [0.29, 0.717) is 12.2 Å². The summed E-state index contributed by atoms with van der Waals surface area (Å²) in [4.78, 5) is 9.96. The standard InChI is InChI=1S/C24H40N4O3/c1-2-25-24(26-18-22(23-9-7-17-30-23)27-12-4-5-13-27)28-14-10-20(11-15-28)31-19-21-8-3-6-16-29-21/h7,9,17,20-22H,2-6,8,10-16,18-19H2,1H3,(H,25,26). The molecule has 31 heavy (non-hydrogen) atoms. The fourth-order valence-corrected chi connectivity index (χ4v) is 4.93. The summed E-state index contributed by atoms with van der Waals surface area (Å²) in [6, 6.07) is 4.29. The van der Waals surface area contributed by atoms with Crippen molar-refractivity contribution in [1.29, 1.82) is 0 Å². The molecule has 3 aliphatic rings. The second-order valence-corrected chi connectivity index (χ2v) is 8.98. The Hall–Kier alpha value is -1.57. The van der Waals surface area contributed by atoms with Gasteiger partial charge >= 0.3 is 0 Å². The van der Waals surface area contributed by atoms with Crippen molar-refractivity contribution in [2.45, 2.75) is 70.1 Å². The lowest BCUT2D eigenvalue weighted by molar-refractivity contribution is -0.0721. The number of rotatable bonds is 8. The van der Waals surface area contributed by atoms with E-state index in [1.54, 1.807) is 6.26 Å². The molecule has 0 amide bonds. The lowest BCUT2D eigenvalue weighted by atomic mass is 10.1. The third-order valence-corrected chi connectivity index (χ3v) is 6.74. The average molecular weight is 433 g/mol. The molecular weight excluding hydrogens is 392 g/mol. The minimum absolute atomic E-state index is 0.225. The molecule has 3 saturated heterocycles. The predicted molar refractivity (Wildman–Crippen MR) is 122 cm³/mol. The summed E-state index contributed by atoms with van der Waals surface area (Å²) < 4.78 is 17.8. The van der Waals surface area contributed by atoms with Gasteiger partial charge in [0.1, 0.15) is 5.76 Å². The molecule has 4 heterocycles. The van der Waals surface area contributed by atoms with Gasteiger partial charge in [0.05, 0.1) is 37.7 Å². The van der Waals surface area contributed by atoms with Gasteiger partial charge in [-0.2, -0.15) is 0 Å². The quantitative estimate of drug-likeness (QED) is 0.502. The number of hydrogen-bond donors (Lipinski definition) is 1. The van der Waals surface area contributed by atoms with Crippen molar-refractivity contribution >= 4 is 5.96 Å². The second-order valence-electron chi connectivity index (χ2n) is 8.98. The lowest BCUT2D eigenvalue weighted by Crippen LogP contribution is -2.47. The van der Waals surface area contributed by atoms with Crippen LogP contribution in [0.4, 0.5) is 0 Å². The fraction of sp³-hybridized carbons (Fsp3) is 0.792. The van der Waals surface area contributed by atoms with Crippen LogP contribution < -0.4 is 5.32 Å². The molecule has 0 spiro atoms. The van der Waals surface area contributed by atoms with Gasteiger partial charge in [-0.25, -0.2) is 0 Å². The monoisotopic (exact) mass is 432 g/mol. The minimum Gasteiger partial charge on any atom is -0.468 e. The SMILES string of the molecule is CCNC(=NCC(c1ccco1)N1CCCC1)N1CCC(OCC2CCCCO2)CC1. The number of ether oxygens (including phenoxy) is 2. The first-order valence-corrected chi connectivity index (χ1v) is 12.4. The van der Waals surface area contributed by atoms with Crippen LogP contribution in [-0.4, -0.2) is 80.4 Å². The van der Waals surface area contributed by atoms with Crippen molar-refractivity contribution in [2.75, 3.05) is 52.5 Å². The summed E-state index contributed by atoms with van der Waals surface area (Å²) in [6.45, 7) is 9.61. The van der Waals surface area contributed by atoms with E-state index in [1.807, 2.05) is 6.07 Å². The highest BCUT2D eigenvalue weighted by atomic mass is 16.5. The van der Waals surface area contributed by atoms with Crippen molar-refractivity contribution in [2.24, 2.45) is 4.99 Å². The molecule has 3 fully saturated rings. The summed E-state index contributed by atoms with van der Waals surface area (Å²) in [5.41, 5.74) is 0. The topological polar surface area (TPSA) is 62.5 Å². The van der Waals surface area contributed by atoms with Gasteiger partial charge in [0.2, 0.25) is 0 Å². The van der Waals surface area contributed by atoms with Crippen molar-refractivity contribution in [3.8, 4) is 0 Å². The van der Waals surface area contributed by atoms with Gasteiger partial charge < -0.3 is 24.1 Å². The molecule has 3 aliphatic heterocycles. The molecule has 1 aromatic heterocycles. The Morgan fingerprint density at radius 1 is 1.16 bits per heavy atom. The van der Waals surface area contributed by atoms with Crippen LogP contribution in [0.2, 0.25) is 0 Å². The van der Waals surface area contributed by atoms with Crippen LogP contribution in [0, 0.1) is 0 Å². The Morgan fingerprint density at radius 2 is 2.00 bits per heavy atom. The Balaban J connectivity index is 1.30. The number of guanidine groups is 1. The Bertz CT molecular complexity index is 646. The Labute approximate surface area is 187 Å². The van der Waals surface area contributed by atoms with E-state index in [1.165, 1.54) is 25.7 Å². The molecule has 0 bridgehead atoms. The van der Waals surface area contributed by atoms with Gasteiger partial charge in [-0.3, -0.25) is 9.89 Å². The molecule has 2 unspecified atom stereocenters. The normalized spacial score (nSPS) is 25.1. The summed E-state index contributed by atoms with van der Waals surface area (Å²) in [5, 5.41) is 3.51. The highest BCUT2D eigenvalue weighted by Gasteiger charge is 2.27. The highest BCUT2D eigenvalue weighted by molar-refractivity contribution is 5.80. The summed E-state index contributed by atoms with van der Waals surface area (Å²) in [7, 11) is 0. The molecule has 0 aliphatic carbocycles. The molecule has 0 saturated carbocycles. The highest BCUT2D eigenvalue weighted by Crippen LogP contribution is 2.26. The van der Waals surface area contributed by atoms with E-state index in [2.05, 4.69) is 28.1 Å². The first-order valence-electron chi connectivity index (χ1n) is 12.4. The maximum Gasteiger partial charge on any atom is 0.193 e. The van der Waals surface area contributed by atoms with Gasteiger partial charge in [-0.05, 0) is 77.1 Å². The molecule has 4 rings (SSSR count). The molecule has 0 radical (unpaired) electrons. The maximum absolute atomic E-state index is 6.19. The fourth-order valence-electron chi connectivity index (χ4n) is 4.93. The molecular formula is C24H40N4O3. The van der Waals surface area contributed by atoms with Crippen molar-refractivity contribution in [3.05, 3.63) is 24.2 Å². The third kappa shape index (κ3) is 6.46. The zero-order valence-electron chi connectivity index (χ0n) is 19.1. The van der Waals surface area contributed by atoms with Crippen LogP contribution in [0.3, 0.4) is 0 Å². The van der Waals surface area contributed by atoms with Gasteiger partial charge in [0.25, 0.3) is 0 Å². The second kappa shape index (κ2) is 11.9. The smallest absolute Gasteiger partial charge is 0.193 e. The molecule has 0 aromatic carbocycles. The van der Waals surface area contributed by atoms with Crippen LogP contribution in [0.5, 0.6) is 0 Å². The molecule has 2 atom stereocenters. The zero-order chi connectivity index (χ0) is 21.3. The molecule has 1 aromatic rings. The van der Waals surface area contributed by atoms with E-state index in [4.69, 9.17) is 18.9 Å². The van der Waals surface area contributed by atoms with Crippen LogP contribution >= 0.6 is 0 Å². The molecule has 1 N–H and O–H groups in total. The van der Waals surface area contributed by atoms with E-state index >= 15 is 0 Å². The van der Waals surface area contributed by atoms with Gasteiger partial charge in [-0.1, -0.05) is 0 Å². The van der Waals surface area contributed by atoms with Gasteiger partial charge in [-0.15, -0.1) is 0 Å². The summed E-state index contributed by atoms with van der Waals surface area (Å²) in [6.07, 6.45) is 10.6. The lowest BCUT2D eigenvalue weighted by Gasteiger charge is -2.35. The average Bonchev–Trinajstić information content (AvgIpc) is 3.53. The van der Waals surface area contributed by atoms with Gasteiger partial charge in [0.15, 0.2) is 5.96 Å². The van der Waals surface area contributed by atoms with Crippen molar-refractivity contribution in [3.63, 3.8) is 0 Å². The van der Waals surface area contributed by atoms with E-state index in [-0.39, 0.29) is 6.04 Å². The predicted octanol–water partition coefficient (Wildman–Crippen LogP) is 3.43. The first kappa shape index (κ1) is 22.6. The number of aliphatic imine (C=N–C) groups is 1. The first-order chi connectivity index (χ1) is 15.3. The number of nitrogens with one attached hydrogen (secondary N) is 1. The number of likely N-dealkylation sites (tertiary alicyclic amines) is 2. The molecule has 7 nitrogen and oxygen atoms in total. The summed E-state index contributed by atoms with van der Waals surface area (Å²) >= 11 is 0. The largest absolute Gasteiger partial charge is 0.468 e. The number of furan rings is 1. The van der Waals surface area contributed by atoms with Gasteiger partial charge in [0, 0.05) is 26.2 Å². The number of nitrogens with zero attached hydrogens (tertiary/aromatic N) is 3. The minimum atomic E-state index is 0.225. The Morgan fingerprint density at radius 3 is 2.68 bits per heavy atom. The zero-order valence-corrected chi connectivity index (χ0v) is 19.1. The summed E-state index contributed by atoms with van der Waals surface area (Å²) in [5.74, 6) is 2.05. The van der Waals surface area contributed by atoms with Crippen molar-refractivity contribution < 1.29 is 13.9 Å². The van der Waals surface area contributed by atoms with E-state index < -0.39 is 0 Å². The number of hydrogen-bond acceptors (Lipinski definition) is 5. The molecule has 174 valence electrons. The Kier molecular flexibility index (Phi) is 8.67. The number of piperidine rings is 1. The maximum atomic E-state index is 6.19. The van der Waals surface area contributed by atoms with Crippen LogP contribution in [0.25, 0.3) is 0 Å². The van der Waals surface area contributed by atoms with E-state index in [9.17, 15) is 0 Å². The third-order valence-electron chi connectivity index (χ3n) is 6.74. The molecule has 7 heteroatoms. The van der Waals surface area contributed by atoms with Crippen LogP contribution in [0.1, 0.15) is 63.7 Å². The van der Waals surface area contributed by atoms with E-state index in [0.717, 1.165) is 83.5 Å². The van der Waals surface area contributed by atoms with Crippen LogP contribution in [-0.2, 0) is 9.47 Å². The van der Waals surface area contributed by atoms with Crippen molar-refractivity contribution in [1.82, 2.24) is 15.1 Å². The van der Waals surface area contributed by atoms with Crippen LogP contribution in [0.15, 0.2) is 27.8 Å².